The average molecular weight is 261 g/mol. The highest BCUT2D eigenvalue weighted by atomic mass is 32.2. The second-order valence-corrected chi connectivity index (χ2v) is 5.01. The fourth-order valence-electron chi connectivity index (χ4n) is 1.64. The molecule has 0 fully saturated rings. The third kappa shape index (κ3) is 3.20. The van der Waals surface area contributed by atoms with Gasteiger partial charge in [-0.3, -0.25) is 4.79 Å². The fourth-order valence-corrected chi connectivity index (χ4v) is 2.57. The molecule has 0 spiro atoms. The molecule has 5 heteroatoms. The topological polar surface area (TPSA) is 54.9 Å². The van der Waals surface area contributed by atoms with E-state index < -0.39 is 0 Å². The molecule has 2 rings (SSSR count). The van der Waals surface area contributed by atoms with E-state index in [1.54, 1.807) is 11.8 Å². The van der Waals surface area contributed by atoms with E-state index in [0.717, 1.165) is 27.5 Å². The minimum atomic E-state index is -0.000624. The van der Waals surface area contributed by atoms with Crippen LogP contribution in [0.3, 0.4) is 0 Å². The molecule has 0 radical (unpaired) electrons. The van der Waals surface area contributed by atoms with Gasteiger partial charge in [-0.1, -0.05) is 18.2 Å². The van der Waals surface area contributed by atoms with Crippen molar-refractivity contribution in [3.8, 4) is 0 Å². The number of fused-ring (bicyclic) bond motifs is 1. The standard InChI is InChI=1S/C13H15N3OS/c1-9-15-12-6-4-3-5-11(12)13(16-9)18-8-7-14-10(2)17/h3-6H,7-8H2,1-2H3,(H,14,17). The fraction of sp³-hybridized carbons (Fsp3) is 0.308. The number of amides is 1. The smallest absolute Gasteiger partial charge is 0.216 e. The first kappa shape index (κ1) is 12.8. The van der Waals surface area contributed by atoms with Crippen LogP contribution >= 0.6 is 11.8 Å². The first-order chi connectivity index (χ1) is 8.66. The highest BCUT2D eigenvalue weighted by Crippen LogP contribution is 2.24. The molecule has 1 N–H and O–H groups in total. The summed E-state index contributed by atoms with van der Waals surface area (Å²) in [6, 6.07) is 7.97. The van der Waals surface area contributed by atoms with Crippen LogP contribution in [0.2, 0.25) is 0 Å². The number of para-hydroxylation sites is 1. The third-order valence-corrected chi connectivity index (χ3v) is 3.39. The predicted octanol–water partition coefficient (Wildman–Crippen LogP) is 2.17. The van der Waals surface area contributed by atoms with Crippen LogP contribution in [0.15, 0.2) is 29.3 Å². The monoisotopic (exact) mass is 261 g/mol. The second-order valence-electron chi connectivity index (χ2n) is 3.92. The van der Waals surface area contributed by atoms with Crippen LogP contribution in [0.4, 0.5) is 0 Å². The molecule has 18 heavy (non-hydrogen) atoms. The van der Waals surface area contributed by atoms with Gasteiger partial charge in [0.15, 0.2) is 0 Å². The van der Waals surface area contributed by atoms with Crippen LogP contribution in [-0.4, -0.2) is 28.2 Å². The Balaban J connectivity index is 2.14. The molecule has 2 aromatic rings. The summed E-state index contributed by atoms with van der Waals surface area (Å²) in [5.41, 5.74) is 0.965. The van der Waals surface area contributed by atoms with E-state index in [4.69, 9.17) is 0 Å². The molecular weight excluding hydrogens is 246 g/mol. The maximum atomic E-state index is 10.8. The first-order valence-corrected chi connectivity index (χ1v) is 6.76. The number of nitrogens with zero attached hydrogens (tertiary/aromatic N) is 2. The van der Waals surface area contributed by atoms with Crippen molar-refractivity contribution in [3.05, 3.63) is 30.1 Å². The lowest BCUT2D eigenvalue weighted by Crippen LogP contribution is -2.22. The quantitative estimate of drug-likeness (QED) is 0.520. The third-order valence-electron chi connectivity index (χ3n) is 2.39. The molecule has 1 aromatic carbocycles. The van der Waals surface area contributed by atoms with Crippen molar-refractivity contribution in [3.63, 3.8) is 0 Å². The largest absolute Gasteiger partial charge is 0.356 e. The van der Waals surface area contributed by atoms with Crippen LogP contribution < -0.4 is 5.32 Å². The summed E-state index contributed by atoms with van der Waals surface area (Å²) in [6.07, 6.45) is 0. The van der Waals surface area contributed by atoms with Gasteiger partial charge in [0.2, 0.25) is 5.91 Å². The highest BCUT2D eigenvalue weighted by molar-refractivity contribution is 7.99. The van der Waals surface area contributed by atoms with Crippen molar-refractivity contribution in [2.75, 3.05) is 12.3 Å². The minimum absolute atomic E-state index is 0.000624. The number of thioether (sulfide) groups is 1. The van der Waals surface area contributed by atoms with E-state index in [1.807, 2.05) is 31.2 Å². The van der Waals surface area contributed by atoms with Gasteiger partial charge in [0.25, 0.3) is 0 Å². The van der Waals surface area contributed by atoms with Gasteiger partial charge in [-0.2, -0.15) is 0 Å². The molecule has 0 bridgehead atoms. The zero-order chi connectivity index (χ0) is 13.0. The number of carbonyl (C=O) groups is 1. The van der Waals surface area contributed by atoms with Crippen molar-refractivity contribution in [2.24, 2.45) is 0 Å². The lowest BCUT2D eigenvalue weighted by molar-refractivity contribution is -0.118. The molecule has 4 nitrogen and oxygen atoms in total. The molecule has 0 atom stereocenters. The molecule has 1 amide bonds. The molecule has 0 aliphatic carbocycles. The summed E-state index contributed by atoms with van der Waals surface area (Å²) in [6.45, 7) is 4.07. The molecule has 0 aliphatic rings. The summed E-state index contributed by atoms with van der Waals surface area (Å²) in [5.74, 6) is 1.58. The van der Waals surface area contributed by atoms with Crippen molar-refractivity contribution in [2.45, 2.75) is 18.9 Å². The van der Waals surface area contributed by atoms with Gasteiger partial charge in [0, 0.05) is 24.6 Å². The number of aryl methyl sites for hydroxylation is 1. The molecular formula is C13H15N3OS. The minimum Gasteiger partial charge on any atom is -0.356 e. The molecule has 0 saturated heterocycles. The van der Waals surface area contributed by atoms with Gasteiger partial charge < -0.3 is 5.32 Å². The Morgan fingerprint density at radius 1 is 1.33 bits per heavy atom. The molecule has 0 unspecified atom stereocenters. The van der Waals surface area contributed by atoms with Crippen molar-refractivity contribution in [1.29, 1.82) is 0 Å². The summed E-state index contributed by atoms with van der Waals surface area (Å²) in [4.78, 5) is 19.6. The summed E-state index contributed by atoms with van der Waals surface area (Å²) >= 11 is 1.64. The number of aromatic nitrogens is 2. The van der Waals surface area contributed by atoms with Gasteiger partial charge in [-0.05, 0) is 13.0 Å². The maximum Gasteiger partial charge on any atom is 0.216 e. The number of hydrogen-bond acceptors (Lipinski definition) is 4. The van der Waals surface area contributed by atoms with Gasteiger partial charge in [-0.25, -0.2) is 9.97 Å². The van der Waals surface area contributed by atoms with E-state index in [1.165, 1.54) is 6.92 Å². The average Bonchev–Trinajstić information content (AvgIpc) is 2.34. The lowest BCUT2D eigenvalue weighted by atomic mass is 10.2. The second kappa shape index (κ2) is 5.82. The molecule has 0 aliphatic heterocycles. The van der Waals surface area contributed by atoms with Gasteiger partial charge in [0.1, 0.15) is 10.9 Å². The van der Waals surface area contributed by atoms with E-state index in [0.29, 0.717) is 6.54 Å². The number of benzene rings is 1. The highest BCUT2D eigenvalue weighted by Gasteiger charge is 2.05. The molecule has 1 heterocycles. The van der Waals surface area contributed by atoms with Gasteiger partial charge in [0.05, 0.1) is 5.52 Å². The predicted molar refractivity (Wildman–Crippen MR) is 73.7 cm³/mol. The van der Waals surface area contributed by atoms with Crippen LogP contribution in [0.5, 0.6) is 0 Å². The Labute approximate surface area is 110 Å². The van der Waals surface area contributed by atoms with E-state index in [2.05, 4.69) is 15.3 Å². The van der Waals surface area contributed by atoms with E-state index in [9.17, 15) is 4.79 Å². The maximum absolute atomic E-state index is 10.8. The van der Waals surface area contributed by atoms with Gasteiger partial charge in [-0.15, -0.1) is 11.8 Å². The van der Waals surface area contributed by atoms with E-state index in [-0.39, 0.29) is 5.91 Å². The van der Waals surface area contributed by atoms with Crippen LogP contribution in [-0.2, 0) is 4.79 Å². The summed E-state index contributed by atoms with van der Waals surface area (Å²) in [7, 11) is 0. The number of carbonyl (C=O) groups excluding carboxylic acids is 1. The van der Waals surface area contributed by atoms with Gasteiger partial charge >= 0.3 is 0 Å². The normalized spacial score (nSPS) is 10.6. The number of rotatable bonds is 4. The molecule has 1 aromatic heterocycles. The Morgan fingerprint density at radius 2 is 2.11 bits per heavy atom. The summed E-state index contributed by atoms with van der Waals surface area (Å²) in [5, 5.41) is 4.82. The van der Waals surface area contributed by atoms with Crippen LogP contribution in [0.25, 0.3) is 10.9 Å². The van der Waals surface area contributed by atoms with Crippen molar-refractivity contribution < 1.29 is 4.79 Å². The Bertz CT molecular complexity index is 571. The van der Waals surface area contributed by atoms with Crippen molar-refractivity contribution >= 4 is 28.6 Å². The Morgan fingerprint density at radius 3 is 2.89 bits per heavy atom. The summed E-state index contributed by atoms with van der Waals surface area (Å²) < 4.78 is 0. The molecule has 0 saturated carbocycles. The van der Waals surface area contributed by atoms with E-state index >= 15 is 0 Å². The van der Waals surface area contributed by atoms with Crippen molar-refractivity contribution in [1.82, 2.24) is 15.3 Å². The Hall–Kier alpha value is -1.62. The van der Waals surface area contributed by atoms with Crippen LogP contribution in [0.1, 0.15) is 12.7 Å². The number of hydrogen-bond donors (Lipinski definition) is 1. The number of nitrogens with one attached hydrogen (secondary N) is 1. The lowest BCUT2D eigenvalue weighted by Gasteiger charge is -2.06. The molecule has 94 valence electrons. The SMILES string of the molecule is CC(=O)NCCSc1nc(C)nc2ccccc12. The van der Waals surface area contributed by atoms with Crippen LogP contribution in [0, 0.1) is 6.92 Å². The zero-order valence-electron chi connectivity index (χ0n) is 10.4. The zero-order valence-corrected chi connectivity index (χ0v) is 11.3. The first-order valence-electron chi connectivity index (χ1n) is 5.77. The Kier molecular flexibility index (Phi) is 4.15.